The Bertz CT molecular complexity index is 542. The van der Waals surface area contributed by atoms with Crippen molar-refractivity contribution in [2.75, 3.05) is 25.5 Å². The van der Waals surface area contributed by atoms with Gasteiger partial charge in [-0.3, -0.25) is 0 Å². The zero-order chi connectivity index (χ0) is 14.4. The molecule has 0 aromatic heterocycles. The number of benzene rings is 2. The zero-order valence-electron chi connectivity index (χ0n) is 11.4. The fourth-order valence-electron chi connectivity index (χ4n) is 1.97. The lowest BCUT2D eigenvalue weighted by molar-refractivity contribution is 0.340. The van der Waals surface area contributed by atoms with Gasteiger partial charge in [0.15, 0.2) is 0 Å². The van der Waals surface area contributed by atoms with Crippen LogP contribution in [0, 0.1) is 5.82 Å². The van der Waals surface area contributed by atoms with Crippen molar-refractivity contribution in [1.82, 2.24) is 4.90 Å². The monoisotopic (exact) mass is 336 g/mol. The maximum Gasteiger partial charge on any atom is 0.123 e. The summed E-state index contributed by atoms with van der Waals surface area (Å²) >= 11 is 3.45. The molecule has 2 rings (SSSR count). The van der Waals surface area contributed by atoms with Crippen LogP contribution < -0.4 is 5.32 Å². The smallest absolute Gasteiger partial charge is 0.123 e. The largest absolute Gasteiger partial charge is 0.384 e. The van der Waals surface area contributed by atoms with E-state index in [0.29, 0.717) is 0 Å². The van der Waals surface area contributed by atoms with Gasteiger partial charge in [-0.15, -0.1) is 0 Å². The fraction of sp³-hybridized carbons (Fsp3) is 0.250. The number of halogens is 2. The summed E-state index contributed by atoms with van der Waals surface area (Å²) < 4.78 is 13.9. The number of nitrogens with one attached hydrogen (secondary N) is 1. The highest BCUT2D eigenvalue weighted by molar-refractivity contribution is 9.10. The first-order valence-corrected chi connectivity index (χ1v) is 7.35. The van der Waals surface area contributed by atoms with Crippen molar-refractivity contribution in [3.05, 3.63) is 64.4 Å². The lowest BCUT2D eigenvalue weighted by Crippen LogP contribution is -2.24. The minimum Gasteiger partial charge on any atom is -0.384 e. The molecule has 0 atom stereocenters. The van der Waals surface area contributed by atoms with Gasteiger partial charge in [0.25, 0.3) is 0 Å². The molecule has 4 heteroatoms. The van der Waals surface area contributed by atoms with Crippen LogP contribution in [-0.4, -0.2) is 25.0 Å². The van der Waals surface area contributed by atoms with Crippen LogP contribution in [0.15, 0.2) is 53.0 Å². The third kappa shape index (κ3) is 4.94. The summed E-state index contributed by atoms with van der Waals surface area (Å²) in [4.78, 5) is 2.21. The topological polar surface area (TPSA) is 15.3 Å². The van der Waals surface area contributed by atoms with E-state index in [0.717, 1.165) is 35.4 Å². The zero-order valence-corrected chi connectivity index (χ0v) is 13.0. The van der Waals surface area contributed by atoms with Gasteiger partial charge < -0.3 is 10.2 Å². The first kappa shape index (κ1) is 15.0. The second-order valence-corrected chi connectivity index (χ2v) is 5.72. The van der Waals surface area contributed by atoms with E-state index in [4.69, 9.17) is 0 Å². The summed E-state index contributed by atoms with van der Waals surface area (Å²) in [6.45, 7) is 2.61. The van der Waals surface area contributed by atoms with Gasteiger partial charge >= 0.3 is 0 Å². The number of nitrogens with zero attached hydrogens (tertiary/aromatic N) is 1. The van der Waals surface area contributed by atoms with Gasteiger partial charge in [0, 0.05) is 29.8 Å². The third-order valence-corrected chi connectivity index (χ3v) is 3.51. The minimum atomic E-state index is -0.187. The normalized spacial score (nSPS) is 10.8. The molecule has 2 nitrogen and oxygen atoms in total. The highest BCUT2D eigenvalue weighted by Gasteiger charge is 2.01. The van der Waals surface area contributed by atoms with Gasteiger partial charge in [0.2, 0.25) is 0 Å². The summed E-state index contributed by atoms with van der Waals surface area (Å²) in [5.41, 5.74) is 2.23. The molecule has 20 heavy (non-hydrogen) atoms. The third-order valence-electron chi connectivity index (χ3n) is 3.01. The van der Waals surface area contributed by atoms with Crippen LogP contribution in [0.25, 0.3) is 0 Å². The number of rotatable bonds is 6. The van der Waals surface area contributed by atoms with E-state index in [1.54, 1.807) is 0 Å². The highest BCUT2D eigenvalue weighted by atomic mass is 79.9. The van der Waals surface area contributed by atoms with Crippen LogP contribution in [0.2, 0.25) is 0 Å². The summed E-state index contributed by atoms with van der Waals surface area (Å²) in [5, 5.41) is 3.38. The van der Waals surface area contributed by atoms with Crippen molar-refractivity contribution in [2.24, 2.45) is 0 Å². The Morgan fingerprint density at radius 2 is 1.90 bits per heavy atom. The minimum absolute atomic E-state index is 0.187. The molecule has 0 heterocycles. The molecule has 0 saturated carbocycles. The van der Waals surface area contributed by atoms with Crippen molar-refractivity contribution < 1.29 is 4.39 Å². The Balaban J connectivity index is 1.75. The second kappa shape index (κ2) is 7.41. The summed E-state index contributed by atoms with van der Waals surface area (Å²) in [6, 6.07) is 14.8. The van der Waals surface area contributed by atoms with E-state index in [1.807, 2.05) is 30.3 Å². The predicted molar refractivity (Wildman–Crippen MR) is 85.4 cm³/mol. The van der Waals surface area contributed by atoms with E-state index >= 15 is 0 Å². The van der Waals surface area contributed by atoms with Gasteiger partial charge in [-0.2, -0.15) is 0 Å². The SMILES string of the molecule is CN(CCNc1cccc(Br)c1)Cc1ccc(F)cc1. The van der Waals surface area contributed by atoms with E-state index in [9.17, 15) is 4.39 Å². The van der Waals surface area contributed by atoms with Crippen LogP contribution in [0.1, 0.15) is 5.56 Å². The molecule has 0 amide bonds. The molecule has 2 aromatic rings. The number of anilines is 1. The van der Waals surface area contributed by atoms with Gasteiger partial charge in [0.05, 0.1) is 0 Å². The van der Waals surface area contributed by atoms with Gasteiger partial charge in [-0.1, -0.05) is 34.1 Å². The molecule has 0 aliphatic carbocycles. The molecule has 0 radical (unpaired) electrons. The van der Waals surface area contributed by atoms with Crippen LogP contribution in [-0.2, 0) is 6.54 Å². The number of hydrogen-bond acceptors (Lipinski definition) is 2. The van der Waals surface area contributed by atoms with Crippen LogP contribution >= 0.6 is 15.9 Å². The Hall–Kier alpha value is -1.39. The van der Waals surface area contributed by atoms with Crippen molar-refractivity contribution >= 4 is 21.6 Å². The standard InChI is InChI=1S/C16H18BrFN2/c1-20(12-13-5-7-15(18)8-6-13)10-9-19-16-4-2-3-14(17)11-16/h2-8,11,19H,9-10,12H2,1H3. The van der Waals surface area contributed by atoms with Crippen molar-refractivity contribution in [1.29, 1.82) is 0 Å². The van der Waals surface area contributed by atoms with Gasteiger partial charge in [0.1, 0.15) is 5.82 Å². The molecular weight excluding hydrogens is 319 g/mol. The van der Waals surface area contributed by atoms with Gasteiger partial charge in [-0.25, -0.2) is 4.39 Å². The van der Waals surface area contributed by atoms with E-state index < -0.39 is 0 Å². The molecule has 106 valence electrons. The molecule has 0 spiro atoms. The summed E-state index contributed by atoms with van der Waals surface area (Å²) in [6.07, 6.45) is 0. The number of hydrogen-bond donors (Lipinski definition) is 1. The molecule has 0 fully saturated rings. The molecule has 0 bridgehead atoms. The summed E-state index contributed by atoms with van der Waals surface area (Å²) in [5.74, 6) is -0.187. The van der Waals surface area contributed by atoms with Crippen molar-refractivity contribution in [3.63, 3.8) is 0 Å². The molecule has 0 saturated heterocycles. The Morgan fingerprint density at radius 1 is 1.15 bits per heavy atom. The average Bonchev–Trinajstić information content (AvgIpc) is 2.41. The Kier molecular flexibility index (Phi) is 5.56. The molecule has 0 aliphatic heterocycles. The maximum atomic E-state index is 12.8. The van der Waals surface area contributed by atoms with Crippen LogP contribution in [0.3, 0.4) is 0 Å². The van der Waals surface area contributed by atoms with Gasteiger partial charge in [-0.05, 0) is 42.9 Å². The molecule has 1 N–H and O–H groups in total. The predicted octanol–water partition coefficient (Wildman–Crippen LogP) is 4.13. The lowest BCUT2D eigenvalue weighted by Gasteiger charge is -2.17. The second-order valence-electron chi connectivity index (χ2n) is 4.80. The molecule has 0 aliphatic rings. The summed E-state index contributed by atoms with van der Waals surface area (Å²) in [7, 11) is 2.06. The molecule has 2 aromatic carbocycles. The molecular formula is C16H18BrFN2. The Labute approximate surface area is 127 Å². The van der Waals surface area contributed by atoms with Crippen LogP contribution in [0.4, 0.5) is 10.1 Å². The maximum absolute atomic E-state index is 12.8. The fourth-order valence-corrected chi connectivity index (χ4v) is 2.37. The average molecular weight is 337 g/mol. The van der Waals surface area contributed by atoms with Crippen molar-refractivity contribution in [2.45, 2.75) is 6.54 Å². The first-order chi connectivity index (χ1) is 9.63. The van der Waals surface area contributed by atoms with Crippen LogP contribution in [0.5, 0.6) is 0 Å². The quantitative estimate of drug-likeness (QED) is 0.853. The molecule has 0 unspecified atom stereocenters. The number of likely N-dealkylation sites (N-methyl/N-ethyl adjacent to an activating group) is 1. The van der Waals surface area contributed by atoms with E-state index in [1.165, 1.54) is 12.1 Å². The van der Waals surface area contributed by atoms with E-state index in [2.05, 4.69) is 39.3 Å². The highest BCUT2D eigenvalue weighted by Crippen LogP contribution is 2.15. The first-order valence-electron chi connectivity index (χ1n) is 6.56. The van der Waals surface area contributed by atoms with E-state index in [-0.39, 0.29) is 5.82 Å². The lowest BCUT2D eigenvalue weighted by atomic mass is 10.2. The van der Waals surface area contributed by atoms with Crippen molar-refractivity contribution in [3.8, 4) is 0 Å². The Morgan fingerprint density at radius 3 is 2.60 bits per heavy atom.